The molecule has 0 radical (unpaired) electrons. The van der Waals surface area contributed by atoms with Gasteiger partial charge in [-0.15, -0.1) is 0 Å². The number of piperidine rings is 1. The van der Waals surface area contributed by atoms with E-state index in [1.807, 2.05) is 0 Å². The van der Waals surface area contributed by atoms with Crippen LogP contribution in [0.3, 0.4) is 0 Å². The van der Waals surface area contributed by atoms with Gasteiger partial charge in [0.2, 0.25) is 0 Å². The van der Waals surface area contributed by atoms with E-state index in [0.29, 0.717) is 12.6 Å². The molecule has 0 aliphatic carbocycles. The molecule has 2 N–H and O–H groups in total. The highest BCUT2D eigenvalue weighted by Crippen LogP contribution is 2.10. The summed E-state index contributed by atoms with van der Waals surface area (Å²) in [4.78, 5) is 0. The number of nitrogens with one attached hydrogen (secondary N) is 2. The lowest BCUT2D eigenvalue weighted by Crippen LogP contribution is -2.41. The molecule has 0 bridgehead atoms. The highest BCUT2D eigenvalue weighted by atomic mass is 32.2. The third-order valence-corrected chi connectivity index (χ3v) is 4.39. The monoisotopic (exact) mass is 235 g/mol. The fourth-order valence-corrected chi connectivity index (χ4v) is 2.44. The van der Waals surface area contributed by atoms with Gasteiger partial charge in [0.1, 0.15) is 0 Å². The molecule has 1 saturated heterocycles. The topological polar surface area (TPSA) is 61.4 Å². The largest absolute Gasteiger partial charge is 0.314 e. The van der Waals surface area contributed by atoms with Crippen molar-refractivity contribution in [1.82, 2.24) is 14.3 Å². The third kappa shape index (κ3) is 4.06. The molecular weight excluding hydrogens is 214 g/mol. The van der Waals surface area contributed by atoms with Crippen LogP contribution in [0.2, 0.25) is 0 Å². The quantitative estimate of drug-likeness (QED) is 0.700. The van der Waals surface area contributed by atoms with E-state index in [0.717, 1.165) is 19.4 Å². The molecule has 0 spiro atoms. The molecule has 1 aliphatic rings. The smallest absolute Gasteiger partial charge is 0.278 e. The van der Waals surface area contributed by atoms with Gasteiger partial charge in [-0.1, -0.05) is 6.42 Å². The van der Waals surface area contributed by atoms with Gasteiger partial charge in [-0.2, -0.15) is 12.7 Å². The molecule has 1 heterocycles. The molecule has 1 fully saturated rings. The van der Waals surface area contributed by atoms with Gasteiger partial charge in [-0.05, 0) is 25.8 Å². The van der Waals surface area contributed by atoms with Crippen LogP contribution in [0, 0.1) is 0 Å². The summed E-state index contributed by atoms with van der Waals surface area (Å²) in [5.74, 6) is 0. The fraction of sp³-hybridized carbons (Fsp3) is 1.00. The first-order valence-corrected chi connectivity index (χ1v) is 6.88. The van der Waals surface area contributed by atoms with Crippen LogP contribution in [0.15, 0.2) is 0 Å². The molecule has 1 aliphatic heterocycles. The highest BCUT2D eigenvalue weighted by Gasteiger charge is 2.18. The van der Waals surface area contributed by atoms with E-state index in [1.54, 1.807) is 7.05 Å². The van der Waals surface area contributed by atoms with Crippen LogP contribution >= 0.6 is 0 Å². The second kappa shape index (κ2) is 5.79. The predicted molar refractivity (Wildman–Crippen MR) is 60.9 cm³/mol. The van der Waals surface area contributed by atoms with Gasteiger partial charge in [0.15, 0.2) is 0 Å². The average molecular weight is 235 g/mol. The van der Waals surface area contributed by atoms with Gasteiger partial charge in [-0.3, -0.25) is 0 Å². The highest BCUT2D eigenvalue weighted by molar-refractivity contribution is 7.87. The lowest BCUT2D eigenvalue weighted by atomic mass is 10.0. The zero-order chi connectivity index (χ0) is 11.3. The molecule has 0 aromatic heterocycles. The van der Waals surface area contributed by atoms with E-state index in [2.05, 4.69) is 10.0 Å². The molecule has 6 heteroatoms. The minimum Gasteiger partial charge on any atom is -0.314 e. The average Bonchev–Trinajstić information content (AvgIpc) is 2.27. The van der Waals surface area contributed by atoms with Crippen LogP contribution in [0.1, 0.15) is 25.7 Å². The third-order valence-electron chi connectivity index (χ3n) is 2.87. The van der Waals surface area contributed by atoms with Crippen molar-refractivity contribution in [2.45, 2.75) is 31.7 Å². The SMILES string of the molecule is CNS(=O)(=O)N(C)CCC1CCCCN1. The van der Waals surface area contributed by atoms with Crippen LogP contribution in [-0.4, -0.2) is 45.9 Å². The lowest BCUT2D eigenvalue weighted by molar-refractivity contribution is 0.350. The summed E-state index contributed by atoms with van der Waals surface area (Å²) in [5.41, 5.74) is 0. The summed E-state index contributed by atoms with van der Waals surface area (Å²) in [7, 11) is -0.202. The number of hydrogen-bond acceptors (Lipinski definition) is 3. The number of nitrogens with zero attached hydrogens (tertiary/aromatic N) is 1. The van der Waals surface area contributed by atoms with E-state index >= 15 is 0 Å². The van der Waals surface area contributed by atoms with Gasteiger partial charge in [0.25, 0.3) is 10.2 Å². The summed E-state index contributed by atoms with van der Waals surface area (Å²) in [6.07, 6.45) is 4.53. The predicted octanol–water partition coefficient (Wildman–Crippen LogP) is -0.0854. The second-order valence-corrected chi connectivity index (χ2v) is 5.95. The molecule has 90 valence electrons. The van der Waals surface area contributed by atoms with Crippen LogP contribution in [-0.2, 0) is 10.2 Å². The molecule has 1 rings (SSSR count). The lowest BCUT2D eigenvalue weighted by Gasteiger charge is -2.25. The molecule has 0 amide bonds. The Morgan fingerprint density at radius 3 is 2.73 bits per heavy atom. The molecule has 1 unspecified atom stereocenters. The van der Waals surface area contributed by atoms with Crippen molar-refractivity contribution < 1.29 is 8.42 Å². The first-order chi connectivity index (χ1) is 7.06. The summed E-state index contributed by atoms with van der Waals surface area (Å²) in [6, 6.07) is 0.480. The summed E-state index contributed by atoms with van der Waals surface area (Å²) >= 11 is 0. The fourth-order valence-electron chi connectivity index (χ4n) is 1.78. The van der Waals surface area contributed by atoms with Gasteiger partial charge >= 0.3 is 0 Å². The Labute approximate surface area is 92.4 Å². The van der Waals surface area contributed by atoms with Crippen LogP contribution in [0.25, 0.3) is 0 Å². The summed E-state index contributed by atoms with van der Waals surface area (Å²) < 4.78 is 26.4. The zero-order valence-corrected chi connectivity index (χ0v) is 10.3. The minimum atomic E-state index is -3.24. The molecule has 0 aromatic rings. The van der Waals surface area contributed by atoms with E-state index in [4.69, 9.17) is 0 Å². The van der Waals surface area contributed by atoms with Crippen LogP contribution in [0.4, 0.5) is 0 Å². The molecule has 5 nitrogen and oxygen atoms in total. The van der Waals surface area contributed by atoms with Crippen molar-refractivity contribution >= 4 is 10.2 Å². The molecule has 0 aromatic carbocycles. The maximum Gasteiger partial charge on any atom is 0.278 e. The Bertz CT molecular complexity index is 273. The maximum absolute atomic E-state index is 11.4. The van der Waals surface area contributed by atoms with Gasteiger partial charge in [0, 0.05) is 26.7 Å². The van der Waals surface area contributed by atoms with Gasteiger partial charge in [0.05, 0.1) is 0 Å². The normalized spacial score (nSPS) is 23.3. The Morgan fingerprint density at radius 2 is 2.20 bits per heavy atom. The molecule has 0 saturated carbocycles. The van der Waals surface area contributed by atoms with Crippen molar-refractivity contribution in [3.63, 3.8) is 0 Å². The molecule has 15 heavy (non-hydrogen) atoms. The summed E-state index contributed by atoms with van der Waals surface area (Å²) in [5, 5.41) is 3.40. The number of rotatable bonds is 5. The standard InChI is InChI=1S/C9H21N3O2S/c1-10-15(13,14)12(2)8-6-9-5-3-4-7-11-9/h9-11H,3-8H2,1-2H3. The molecular formula is C9H21N3O2S. The van der Waals surface area contributed by atoms with Gasteiger partial charge in [-0.25, -0.2) is 4.72 Å². The van der Waals surface area contributed by atoms with Crippen molar-refractivity contribution in [1.29, 1.82) is 0 Å². The zero-order valence-electron chi connectivity index (χ0n) is 9.49. The first kappa shape index (κ1) is 12.9. The van der Waals surface area contributed by atoms with E-state index in [1.165, 1.54) is 24.2 Å². The van der Waals surface area contributed by atoms with E-state index < -0.39 is 10.2 Å². The summed E-state index contributed by atoms with van der Waals surface area (Å²) in [6.45, 7) is 1.63. The Kier molecular flexibility index (Phi) is 4.98. The van der Waals surface area contributed by atoms with Gasteiger partial charge < -0.3 is 5.32 Å². The van der Waals surface area contributed by atoms with Crippen LogP contribution in [0.5, 0.6) is 0 Å². The first-order valence-electron chi connectivity index (χ1n) is 5.44. The van der Waals surface area contributed by atoms with Crippen LogP contribution < -0.4 is 10.0 Å². The second-order valence-electron chi connectivity index (χ2n) is 3.97. The van der Waals surface area contributed by atoms with E-state index in [9.17, 15) is 8.42 Å². The van der Waals surface area contributed by atoms with Crippen molar-refractivity contribution in [2.24, 2.45) is 0 Å². The Morgan fingerprint density at radius 1 is 1.47 bits per heavy atom. The Hall–Kier alpha value is -0.170. The molecule has 1 atom stereocenters. The minimum absolute atomic E-state index is 0.480. The van der Waals surface area contributed by atoms with Crippen molar-refractivity contribution in [3.05, 3.63) is 0 Å². The van der Waals surface area contributed by atoms with E-state index in [-0.39, 0.29) is 0 Å². The maximum atomic E-state index is 11.4. The van der Waals surface area contributed by atoms with Crippen molar-refractivity contribution in [3.8, 4) is 0 Å². The van der Waals surface area contributed by atoms with Crippen molar-refractivity contribution in [2.75, 3.05) is 27.2 Å². The Balaban J connectivity index is 2.30. The number of hydrogen-bond donors (Lipinski definition) is 2.